The third-order valence-corrected chi connectivity index (χ3v) is 7.10. The van der Waals surface area contributed by atoms with Crippen molar-refractivity contribution in [2.75, 3.05) is 14.1 Å². The molecule has 1 fully saturated rings. The van der Waals surface area contributed by atoms with E-state index in [1.807, 2.05) is 18.2 Å². The van der Waals surface area contributed by atoms with Crippen LogP contribution in [0.5, 0.6) is 5.75 Å². The molecule has 3 rings (SSSR count). The summed E-state index contributed by atoms with van der Waals surface area (Å²) in [6.45, 7) is 0.284. The number of nitrogens with zero attached hydrogens (tertiary/aromatic N) is 2. The number of ether oxygens (including phenoxy) is 1. The van der Waals surface area contributed by atoms with Gasteiger partial charge in [0.05, 0.1) is 7.14 Å². The van der Waals surface area contributed by atoms with Gasteiger partial charge in [0.15, 0.2) is 5.11 Å². The Morgan fingerprint density at radius 2 is 1.60 bits per heavy atom. The molecule has 156 valence electrons. The zero-order valence-corrected chi connectivity index (χ0v) is 22.4. The predicted octanol–water partition coefficient (Wildman–Crippen LogP) is 5.38. The first kappa shape index (κ1) is 23.7. The molecule has 0 atom stereocenters. The molecule has 1 saturated heterocycles. The molecule has 0 unspecified atom stereocenters. The minimum Gasteiger partial charge on any atom is -0.487 e. The lowest BCUT2D eigenvalue weighted by Crippen LogP contribution is -2.52. The van der Waals surface area contributed by atoms with Gasteiger partial charge in [-0.1, -0.05) is 29.3 Å². The summed E-state index contributed by atoms with van der Waals surface area (Å²) in [5, 5.41) is 1.28. The fourth-order valence-electron chi connectivity index (χ4n) is 2.73. The number of halogens is 4. The fraction of sp³-hybridized carbons (Fsp3) is 0.150. The van der Waals surface area contributed by atoms with Crippen molar-refractivity contribution in [2.45, 2.75) is 6.61 Å². The van der Waals surface area contributed by atoms with Crippen LogP contribution in [-0.4, -0.2) is 40.8 Å². The Morgan fingerprint density at radius 3 is 2.13 bits per heavy atom. The molecule has 30 heavy (non-hydrogen) atoms. The van der Waals surface area contributed by atoms with E-state index < -0.39 is 11.8 Å². The Morgan fingerprint density at radius 1 is 1.03 bits per heavy atom. The molecule has 0 aromatic heterocycles. The summed E-state index contributed by atoms with van der Waals surface area (Å²) in [6.07, 6.45) is 1.57. The topological polar surface area (TPSA) is 49.9 Å². The first-order valence-corrected chi connectivity index (χ1v) is 11.8. The summed E-state index contributed by atoms with van der Waals surface area (Å²) >= 11 is 21.6. The second kappa shape index (κ2) is 9.68. The lowest BCUT2D eigenvalue weighted by molar-refractivity contribution is -0.132. The highest BCUT2D eigenvalue weighted by molar-refractivity contribution is 14.1. The van der Waals surface area contributed by atoms with Crippen molar-refractivity contribution in [1.82, 2.24) is 9.80 Å². The third kappa shape index (κ3) is 4.93. The van der Waals surface area contributed by atoms with Gasteiger partial charge in [0, 0.05) is 29.7 Å². The van der Waals surface area contributed by atoms with E-state index in [4.69, 9.17) is 40.2 Å². The number of amides is 2. The van der Waals surface area contributed by atoms with Gasteiger partial charge in [-0.3, -0.25) is 19.4 Å². The molecule has 0 aliphatic carbocycles. The quantitative estimate of drug-likeness (QED) is 0.188. The number of benzene rings is 2. The largest absolute Gasteiger partial charge is 0.487 e. The van der Waals surface area contributed by atoms with Crippen LogP contribution in [0.15, 0.2) is 35.9 Å². The highest BCUT2D eigenvalue weighted by atomic mass is 127. The van der Waals surface area contributed by atoms with Gasteiger partial charge < -0.3 is 4.74 Å². The molecule has 0 spiro atoms. The van der Waals surface area contributed by atoms with Gasteiger partial charge in [-0.2, -0.15) is 0 Å². The van der Waals surface area contributed by atoms with E-state index in [-0.39, 0.29) is 17.3 Å². The second-order valence-corrected chi connectivity index (χ2v) is 9.94. The van der Waals surface area contributed by atoms with Crippen LogP contribution in [0.3, 0.4) is 0 Å². The first-order valence-electron chi connectivity index (χ1n) is 8.47. The average molecular weight is 687 g/mol. The first-order chi connectivity index (χ1) is 14.1. The van der Waals surface area contributed by atoms with Gasteiger partial charge in [0.1, 0.15) is 17.9 Å². The lowest BCUT2D eigenvalue weighted by atomic mass is 10.1. The average Bonchev–Trinajstić information content (AvgIpc) is 2.69. The predicted molar refractivity (Wildman–Crippen MR) is 139 cm³/mol. The second-order valence-electron chi connectivity index (χ2n) is 6.41. The monoisotopic (exact) mass is 686 g/mol. The zero-order chi connectivity index (χ0) is 22.2. The smallest absolute Gasteiger partial charge is 0.265 e. The maximum Gasteiger partial charge on any atom is 0.265 e. The van der Waals surface area contributed by atoms with Crippen LogP contribution in [0, 0.1) is 7.14 Å². The van der Waals surface area contributed by atoms with E-state index in [9.17, 15) is 9.59 Å². The van der Waals surface area contributed by atoms with Gasteiger partial charge in [-0.15, -0.1) is 0 Å². The van der Waals surface area contributed by atoms with Gasteiger partial charge in [0.25, 0.3) is 11.8 Å². The Kier molecular flexibility index (Phi) is 7.65. The minimum atomic E-state index is -0.425. The summed E-state index contributed by atoms with van der Waals surface area (Å²) < 4.78 is 7.65. The summed E-state index contributed by atoms with van der Waals surface area (Å²) in [5.74, 6) is -0.155. The normalized spacial score (nSPS) is 14.5. The molecule has 0 N–H and O–H groups in total. The summed E-state index contributed by atoms with van der Waals surface area (Å²) in [7, 11) is 3.10. The number of carbonyl (C=O) groups is 2. The number of likely N-dealkylation sites (N-methyl/N-ethyl adjacent to an activating group) is 2. The molecular formula is C20H14Cl2I2N2O3S. The summed E-state index contributed by atoms with van der Waals surface area (Å²) in [4.78, 5) is 27.6. The van der Waals surface area contributed by atoms with Crippen LogP contribution in [0.2, 0.25) is 10.0 Å². The summed E-state index contributed by atoms with van der Waals surface area (Å²) in [6, 6.07) is 8.95. The van der Waals surface area contributed by atoms with Gasteiger partial charge >= 0.3 is 0 Å². The molecule has 2 aromatic carbocycles. The molecule has 0 saturated carbocycles. The van der Waals surface area contributed by atoms with Crippen molar-refractivity contribution < 1.29 is 14.3 Å². The minimum absolute atomic E-state index is 0.0572. The molecule has 1 aliphatic heterocycles. The third-order valence-electron chi connectivity index (χ3n) is 4.36. The Labute approximate surface area is 216 Å². The van der Waals surface area contributed by atoms with Crippen LogP contribution >= 0.6 is 80.6 Å². The van der Waals surface area contributed by atoms with Crippen LogP contribution in [0.25, 0.3) is 6.08 Å². The molecule has 0 bridgehead atoms. The zero-order valence-electron chi connectivity index (χ0n) is 15.7. The van der Waals surface area contributed by atoms with Crippen LogP contribution in [0.1, 0.15) is 11.1 Å². The Bertz CT molecular complexity index is 1060. The van der Waals surface area contributed by atoms with Crippen molar-refractivity contribution in [3.8, 4) is 5.75 Å². The van der Waals surface area contributed by atoms with Gasteiger partial charge in [-0.05, 0) is 93.3 Å². The Hall–Kier alpha value is -0.950. The van der Waals surface area contributed by atoms with Crippen molar-refractivity contribution in [2.24, 2.45) is 0 Å². The van der Waals surface area contributed by atoms with Crippen molar-refractivity contribution in [3.05, 3.63) is 64.2 Å². The van der Waals surface area contributed by atoms with Crippen molar-refractivity contribution in [3.63, 3.8) is 0 Å². The van der Waals surface area contributed by atoms with E-state index in [1.54, 1.807) is 32.3 Å². The molecule has 2 amide bonds. The number of carbonyl (C=O) groups excluding carboxylic acids is 2. The van der Waals surface area contributed by atoms with E-state index in [0.29, 0.717) is 21.4 Å². The van der Waals surface area contributed by atoms with E-state index >= 15 is 0 Å². The molecule has 1 heterocycles. The van der Waals surface area contributed by atoms with Crippen molar-refractivity contribution in [1.29, 1.82) is 0 Å². The number of hydrogen-bond donors (Lipinski definition) is 0. The fourth-order valence-corrected chi connectivity index (χ4v) is 5.49. The van der Waals surface area contributed by atoms with Crippen LogP contribution in [-0.2, 0) is 16.2 Å². The van der Waals surface area contributed by atoms with Crippen LogP contribution in [0.4, 0.5) is 0 Å². The number of hydrogen-bond acceptors (Lipinski definition) is 4. The standard InChI is InChI=1S/C20H14Cl2I2N2O3S/c1-25-18(27)13(19(28)26(2)20(25)30)5-10-6-15(23)17(16(24)7-10)29-9-11-3-4-12(21)8-14(11)22/h3-8H,9H2,1-2H3. The lowest BCUT2D eigenvalue weighted by Gasteiger charge is -2.31. The highest BCUT2D eigenvalue weighted by Gasteiger charge is 2.35. The molecule has 0 radical (unpaired) electrons. The maximum absolute atomic E-state index is 12.5. The Balaban J connectivity index is 1.87. The molecular weight excluding hydrogens is 673 g/mol. The van der Waals surface area contributed by atoms with E-state index in [1.165, 1.54) is 9.80 Å². The van der Waals surface area contributed by atoms with E-state index in [0.717, 1.165) is 12.7 Å². The maximum atomic E-state index is 12.5. The number of thiocarbonyl (C=S) groups is 1. The number of rotatable bonds is 4. The SMILES string of the molecule is CN1C(=O)C(=Cc2cc(I)c(OCc3ccc(Cl)cc3Cl)c(I)c2)C(=O)N(C)C1=S. The molecule has 5 nitrogen and oxygen atoms in total. The molecule has 10 heteroatoms. The van der Waals surface area contributed by atoms with Crippen LogP contribution < -0.4 is 4.74 Å². The highest BCUT2D eigenvalue weighted by Crippen LogP contribution is 2.32. The van der Waals surface area contributed by atoms with Gasteiger partial charge in [0.2, 0.25) is 0 Å². The molecule has 2 aromatic rings. The summed E-state index contributed by atoms with van der Waals surface area (Å²) in [5.41, 5.74) is 1.59. The van der Waals surface area contributed by atoms with E-state index in [2.05, 4.69) is 45.2 Å². The van der Waals surface area contributed by atoms with Crippen molar-refractivity contribution >= 4 is 104 Å². The van der Waals surface area contributed by atoms with Gasteiger partial charge in [-0.25, -0.2) is 0 Å². The molecule has 1 aliphatic rings.